The Morgan fingerprint density at radius 2 is 1.90 bits per heavy atom. The minimum absolute atomic E-state index is 0.0363. The maximum atomic E-state index is 11.1. The van der Waals surface area contributed by atoms with Crippen LogP contribution in [0.3, 0.4) is 0 Å². The Balaban J connectivity index is 2.41. The van der Waals surface area contributed by atoms with Gasteiger partial charge in [0.2, 0.25) is 0 Å². The van der Waals surface area contributed by atoms with Crippen LogP contribution in [0.4, 0.5) is 0 Å². The predicted molar refractivity (Wildman–Crippen MR) is 120 cm³/mol. The first kappa shape index (κ1) is 25.2. The van der Waals surface area contributed by atoms with Crippen molar-refractivity contribution in [1.29, 1.82) is 0 Å². The summed E-state index contributed by atoms with van der Waals surface area (Å²) in [7, 11) is -1.28. The molecular weight excluding hydrogens is 390 g/mol. The van der Waals surface area contributed by atoms with Gasteiger partial charge in [0.25, 0.3) is 0 Å². The topological polar surface area (TPSA) is 89.0 Å². The van der Waals surface area contributed by atoms with Crippen LogP contribution in [-0.2, 0) is 21.1 Å². The van der Waals surface area contributed by atoms with E-state index >= 15 is 0 Å². The standard InChI is InChI=1S/C21H37N3O4S/c1-5-6-7-8-12-28-20-16-18(2)9-10-19(20)17-24-21(22-3)23-11-13-27-14-15-29(4,25)26/h9-10,16H,5-8,11-15,17H2,1-4H3,(H2,22,23,24). The molecule has 0 aliphatic carbocycles. The second-order valence-electron chi connectivity index (χ2n) is 7.12. The molecule has 0 atom stereocenters. The summed E-state index contributed by atoms with van der Waals surface area (Å²) >= 11 is 0. The van der Waals surface area contributed by atoms with Crippen LogP contribution in [0.5, 0.6) is 5.75 Å². The van der Waals surface area contributed by atoms with Crippen molar-refractivity contribution in [2.45, 2.75) is 46.1 Å². The van der Waals surface area contributed by atoms with Gasteiger partial charge in [0.1, 0.15) is 15.6 Å². The van der Waals surface area contributed by atoms with Gasteiger partial charge in [0, 0.05) is 32.0 Å². The summed E-state index contributed by atoms with van der Waals surface area (Å²) < 4.78 is 33.5. The van der Waals surface area contributed by atoms with E-state index in [1.54, 1.807) is 7.05 Å². The Morgan fingerprint density at radius 3 is 2.59 bits per heavy atom. The molecule has 0 fully saturated rings. The van der Waals surface area contributed by atoms with Crippen LogP contribution in [0.15, 0.2) is 23.2 Å². The quantitative estimate of drug-likeness (QED) is 0.270. The number of rotatable bonds is 14. The molecule has 1 aromatic rings. The number of unbranched alkanes of at least 4 members (excludes halogenated alkanes) is 3. The average Bonchev–Trinajstić information content (AvgIpc) is 2.67. The van der Waals surface area contributed by atoms with Crippen molar-refractivity contribution >= 4 is 15.8 Å². The molecule has 0 saturated heterocycles. The van der Waals surface area contributed by atoms with E-state index in [-0.39, 0.29) is 12.4 Å². The third kappa shape index (κ3) is 12.4. The van der Waals surface area contributed by atoms with Crippen LogP contribution in [0, 0.1) is 6.92 Å². The van der Waals surface area contributed by atoms with E-state index in [2.05, 4.69) is 47.7 Å². The minimum Gasteiger partial charge on any atom is -0.493 e. The van der Waals surface area contributed by atoms with Crippen LogP contribution >= 0.6 is 0 Å². The zero-order valence-corrected chi connectivity index (χ0v) is 19.1. The first-order valence-corrected chi connectivity index (χ1v) is 12.3. The molecule has 0 aliphatic rings. The number of sulfone groups is 1. The molecule has 0 unspecified atom stereocenters. The molecule has 8 heteroatoms. The summed E-state index contributed by atoms with van der Waals surface area (Å²) in [5.41, 5.74) is 2.25. The number of ether oxygens (including phenoxy) is 2. The van der Waals surface area contributed by atoms with Crippen LogP contribution in [0.25, 0.3) is 0 Å². The van der Waals surface area contributed by atoms with E-state index in [1.165, 1.54) is 31.1 Å². The Hall–Kier alpha value is -1.80. The number of hydrogen-bond donors (Lipinski definition) is 2. The summed E-state index contributed by atoms with van der Waals surface area (Å²) in [6.07, 6.45) is 5.92. The van der Waals surface area contributed by atoms with Crippen LogP contribution < -0.4 is 15.4 Å². The van der Waals surface area contributed by atoms with E-state index in [0.29, 0.717) is 25.7 Å². The molecular formula is C21H37N3O4S. The van der Waals surface area contributed by atoms with Crippen LogP contribution in [0.2, 0.25) is 0 Å². The van der Waals surface area contributed by atoms with Crippen LogP contribution in [0.1, 0.15) is 43.7 Å². The van der Waals surface area contributed by atoms with Gasteiger partial charge in [-0.3, -0.25) is 4.99 Å². The number of guanidine groups is 1. The molecule has 0 radical (unpaired) electrons. The Bertz CT molecular complexity index is 721. The lowest BCUT2D eigenvalue weighted by molar-refractivity contribution is 0.154. The van der Waals surface area contributed by atoms with E-state index in [1.807, 2.05) is 0 Å². The smallest absolute Gasteiger partial charge is 0.191 e. The highest BCUT2D eigenvalue weighted by molar-refractivity contribution is 7.90. The van der Waals surface area contributed by atoms with Gasteiger partial charge in [-0.15, -0.1) is 0 Å². The average molecular weight is 428 g/mol. The lowest BCUT2D eigenvalue weighted by atomic mass is 10.1. The molecule has 0 heterocycles. The molecule has 0 aromatic heterocycles. The maximum absolute atomic E-state index is 11.1. The van der Waals surface area contributed by atoms with E-state index < -0.39 is 9.84 Å². The zero-order valence-electron chi connectivity index (χ0n) is 18.3. The highest BCUT2D eigenvalue weighted by atomic mass is 32.2. The van der Waals surface area contributed by atoms with Gasteiger partial charge in [0.05, 0.1) is 25.6 Å². The van der Waals surface area contributed by atoms with Gasteiger partial charge in [0.15, 0.2) is 5.96 Å². The highest BCUT2D eigenvalue weighted by Crippen LogP contribution is 2.20. The van der Waals surface area contributed by atoms with Gasteiger partial charge in [-0.2, -0.15) is 0 Å². The predicted octanol–water partition coefficient (Wildman–Crippen LogP) is 2.68. The molecule has 2 N–H and O–H groups in total. The molecule has 1 rings (SSSR count). The molecule has 0 amide bonds. The molecule has 0 spiro atoms. The zero-order chi connectivity index (χ0) is 21.5. The fraction of sp³-hybridized carbons (Fsp3) is 0.667. The van der Waals surface area contributed by atoms with Gasteiger partial charge < -0.3 is 20.1 Å². The van der Waals surface area contributed by atoms with E-state index in [9.17, 15) is 8.42 Å². The number of aryl methyl sites for hydroxylation is 1. The second-order valence-corrected chi connectivity index (χ2v) is 9.37. The monoisotopic (exact) mass is 427 g/mol. The summed E-state index contributed by atoms with van der Waals surface area (Å²) in [5.74, 6) is 1.61. The third-order valence-electron chi connectivity index (χ3n) is 4.29. The molecule has 1 aromatic carbocycles. The fourth-order valence-corrected chi connectivity index (χ4v) is 3.03. The van der Waals surface area contributed by atoms with Crippen molar-refractivity contribution < 1.29 is 17.9 Å². The summed E-state index contributed by atoms with van der Waals surface area (Å²) in [4.78, 5) is 4.21. The Labute approximate surface area is 176 Å². The number of nitrogens with one attached hydrogen (secondary N) is 2. The van der Waals surface area contributed by atoms with Crippen molar-refractivity contribution in [3.63, 3.8) is 0 Å². The van der Waals surface area contributed by atoms with Crippen molar-refractivity contribution in [2.75, 3.05) is 45.4 Å². The van der Waals surface area contributed by atoms with Crippen molar-refractivity contribution in [2.24, 2.45) is 4.99 Å². The Morgan fingerprint density at radius 1 is 1.10 bits per heavy atom. The largest absolute Gasteiger partial charge is 0.493 e. The SMILES string of the molecule is CCCCCCOc1cc(C)ccc1CNC(=NC)NCCOCCS(C)(=O)=O. The molecule has 7 nitrogen and oxygen atoms in total. The summed E-state index contributed by atoms with van der Waals surface area (Å²) in [6, 6.07) is 6.22. The number of benzene rings is 1. The summed E-state index contributed by atoms with van der Waals surface area (Å²) in [5, 5.41) is 6.44. The maximum Gasteiger partial charge on any atom is 0.191 e. The van der Waals surface area contributed by atoms with Crippen molar-refractivity contribution in [3.8, 4) is 5.75 Å². The molecule has 166 valence electrons. The van der Waals surface area contributed by atoms with Gasteiger partial charge >= 0.3 is 0 Å². The number of hydrogen-bond acceptors (Lipinski definition) is 5. The molecule has 0 saturated carbocycles. The Kier molecular flexibility index (Phi) is 12.4. The third-order valence-corrected chi connectivity index (χ3v) is 5.19. The minimum atomic E-state index is -2.98. The van der Waals surface area contributed by atoms with E-state index in [0.717, 1.165) is 24.3 Å². The lowest BCUT2D eigenvalue weighted by Gasteiger charge is -2.15. The normalized spacial score (nSPS) is 12.1. The van der Waals surface area contributed by atoms with Gasteiger partial charge in [-0.1, -0.05) is 38.3 Å². The number of aliphatic imine (C=N–C) groups is 1. The van der Waals surface area contributed by atoms with E-state index in [4.69, 9.17) is 9.47 Å². The van der Waals surface area contributed by atoms with Crippen molar-refractivity contribution in [3.05, 3.63) is 29.3 Å². The molecule has 29 heavy (non-hydrogen) atoms. The second kappa shape index (κ2) is 14.2. The van der Waals surface area contributed by atoms with Crippen molar-refractivity contribution in [1.82, 2.24) is 10.6 Å². The summed E-state index contributed by atoms with van der Waals surface area (Å²) in [6.45, 7) is 6.74. The lowest BCUT2D eigenvalue weighted by Crippen LogP contribution is -2.38. The number of nitrogens with zero attached hydrogens (tertiary/aromatic N) is 1. The fourth-order valence-electron chi connectivity index (χ4n) is 2.61. The molecule has 0 bridgehead atoms. The first-order chi connectivity index (χ1) is 13.9. The molecule has 0 aliphatic heterocycles. The van der Waals surface area contributed by atoms with Crippen LogP contribution in [-0.4, -0.2) is 59.8 Å². The first-order valence-electron chi connectivity index (χ1n) is 10.3. The van der Waals surface area contributed by atoms with Gasteiger partial charge in [-0.25, -0.2) is 8.42 Å². The highest BCUT2D eigenvalue weighted by Gasteiger charge is 2.06. The van der Waals surface area contributed by atoms with Gasteiger partial charge in [-0.05, 0) is 25.0 Å².